The predicted molar refractivity (Wildman–Crippen MR) is 120 cm³/mol. The first kappa shape index (κ1) is 20.3. The Kier molecular flexibility index (Phi) is 5.32. The first-order chi connectivity index (χ1) is 15.0. The van der Waals surface area contributed by atoms with E-state index in [1.165, 1.54) is 0 Å². The van der Waals surface area contributed by atoms with Crippen molar-refractivity contribution >= 4 is 46.6 Å². The highest BCUT2D eigenvalue weighted by Gasteiger charge is 2.43. The number of anilines is 2. The molecule has 2 aromatic carbocycles. The molecule has 2 saturated heterocycles. The number of rotatable bonds is 3. The molecule has 2 N–H and O–H groups in total. The van der Waals surface area contributed by atoms with Gasteiger partial charge in [0.2, 0.25) is 0 Å². The van der Waals surface area contributed by atoms with E-state index in [9.17, 15) is 9.59 Å². The lowest BCUT2D eigenvalue weighted by atomic mass is 10.0. The van der Waals surface area contributed by atoms with Gasteiger partial charge in [-0.25, -0.2) is 4.79 Å². The zero-order valence-corrected chi connectivity index (χ0v) is 18.2. The molecule has 0 aromatic heterocycles. The fourth-order valence-electron chi connectivity index (χ4n) is 4.63. The van der Waals surface area contributed by atoms with E-state index in [2.05, 4.69) is 10.6 Å². The maximum atomic E-state index is 13.0. The summed E-state index contributed by atoms with van der Waals surface area (Å²) in [6.07, 6.45) is -0.347. The van der Waals surface area contributed by atoms with Crippen molar-refractivity contribution in [1.82, 2.24) is 9.80 Å². The van der Waals surface area contributed by atoms with Gasteiger partial charge in [0.25, 0.3) is 5.91 Å². The molecule has 2 atom stereocenters. The molecule has 3 aliphatic heterocycles. The van der Waals surface area contributed by atoms with Crippen LogP contribution in [0.5, 0.6) is 0 Å². The zero-order chi connectivity index (χ0) is 21.5. The second-order valence-corrected chi connectivity index (χ2v) is 9.13. The highest BCUT2D eigenvalue weighted by atomic mass is 35.5. The van der Waals surface area contributed by atoms with Gasteiger partial charge in [0, 0.05) is 53.6 Å². The third-order valence-electron chi connectivity index (χ3n) is 6.14. The van der Waals surface area contributed by atoms with Gasteiger partial charge < -0.3 is 25.2 Å². The van der Waals surface area contributed by atoms with Crippen molar-refractivity contribution in [3.8, 4) is 0 Å². The monoisotopic (exact) mass is 460 g/mol. The highest BCUT2D eigenvalue weighted by Crippen LogP contribution is 2.33. The summed E-state index contributed by atoms with van der Waals surface area (Å²) in [7, 11) is 0. The van der Waals surface area contributed by atoms with Crippen LogP contribution in [0.4, 0.5) is 16.2 Å². The quantitative estimate of drug-likeness (QED) is 0.719. The minimum absolute atomic E-state index is 0.0397. The molecule has 7 nitrogen and oxygen atoms in total. The number of fused-ring (bicyclic) bond motifs is 2. The average Bonchev–Trinajstić information content (AvgIpc) is 3.44. The number of hydrogen-bond donors (Lipinski definition) is 2. The Morgan fingerprint density at radius 1 is 0.903 bits per heavy atom. The predicted octanol–water partition coefficient (Wildman–Crippen LogP) is 4.13. The van der Waals surface area contributed by atoms with Crippen LogP contribution in [-0.4, -0.2) is 54.6 Å². The van der Waals surface area contributed by atoms with Crippen LogP contribution in [0.3, 0.4) is 0 Å². The van der Waals surface area contributed by atoms with Crippen LogP contribution >= 0.6 is 23.2 Å². The van der Waals surface area contributed by atoms with Crippen molar-refractivity contribution in [3.63, 3.8) is 0 Å². The molecule has 0 saturated carbocycles. The minimum Gasteiger partial charge on any atom is -0.445 e. The molecule has 0 radical (unpaired) electrons. The van der Waals surface area contributed by atoms with Crippen LogP contribution in [0, 0.1) is 11.8 Å². The molecule has 5 rings (SSSR count). The van der Waals surface area contributed by atoms with Gasteiger partial charge in [-0.2, -0.15) is 0 Å². The topological polar surface area (TPSA) is 73.9 Å². The van der Waals surface area contributed by atoms with Crippen LogP contribution in [0.1, 0.15) is 15.9 Å². The third kappa shape index (κ3) is 4.12. The van der Waals surface area contributed by atoms with Crippen LogP contribution in [0.25, 0.3) is 0 Å². The lowest BCUT2D eigenvalue weighted by Gasteiger charge is -2.22. The molecule has 2 aromatic rings. The molecule has 3 aliphatic rings. The van der Waals surface area contributed by atoms with E-state index in [1.807, 2.05) is 23.1 Å². The Morgan fingerprint density at radius 2 is 1.55 bits per heavy atom. The number of halogens is 2. The molecule has 3 heterocycles. The first-order valence-corrected chi connectivity index (χ1v) is 11.0. The van der Waals surface area contributed by atoms with Gasteiger partial charge in [0.05, 0.1) is 18.0 Å². The summed E-state index contributed by atoms with van der Waals surface area (Å²) in [5.41, 5.74) is 3.41. The summed E-state index contributed by atoms with van der Waals surface area (Å²) < 4.78 is 5.45. The molecular weight excluding hydrogens is 439 g/mol. The lowest BCUT2D eigenvalue weighted by molar-refractivity contribution is 0.0764. The van der Waals surface area contributed by atoms with Crippen LogP contribution in [-0.2, 0) is 11.3 Å². The van der Waals surface area contributed by atoms with E-state index in [0.717, 1.165) is 16.9 Å². The van der Waals surface area contributed by atoms with Gasteiger partial charge >= 0.3 is 6.09 Å². The molecule has 2 fully saturated rings. The van der Waals surface area contributed by atoms with Crippen molar-refractivity contribution in [1.29, 1.82) is 0 Å². The lowest BCUT2D eigenvalue weighted by Crippen LogP contribution is -2.35. The first-order valence-electron chi connectivity index (χ1n) is 10.2. The van der Waals surface area contributed by atoms with Crippen molar-refractivity contribution in [2.45, 2.75) is 6.61 Å². The van der Waals surface area contributed by atoms with Crippen molar-refractivity contribution in [2.75, 3.05) is 43.5 Å². The SMILES string of the molecule is O=C(OCc1cc(Cl)cc(Cl)c1)N1C[C@@H]2CN(C(=O)c3ccc4c(c3)NCN4)C[C@@H]2C1. The molecule has 0 bridgehead atoms. The van der Waals surface area contributed by atoms with Crippen LogP contribution in [0.15, 0.2) is 36.4 Å². The van der Waals surface area contributed by atoms with E-state index in [0.29, 0.717) is 48.5 Å². The number of likely N-dealkylation sites (tertiary alicyclic amines) is 2. The normalized spacial score (nSPS) is 21.4. The number of carbonyl (C=O) groups is 2. The average molecular weight is 461 g/mol. The fourth-order valence-corrected chi connectivity index (χ4v) is 5.20. The largest absolute Gasteiger partial charge is 0.445 e. The number of carbonyl (C=O) groups excluding carboxylic acids is 2. The highest BCUT2D eigenvalue weighted by molar-refractivity contribution is 6.34. The number of ether oxygens (including phenoxy) is 1. The Morgan fingerprint density at radius 3 is 2.26 bits per heavy atom. The van der Waals surface area contributed by atoms with E-state index < -0.39 is 0 Å². The standard InChI is InChI=1S/C22H22Cl2N4O3/c23-17-3-13(4-18(24)6-17)11-31-22(30)28-9-15-7-27(8-16(15)10-28)21(29)14-1-2-19-20(5-14)26-12-25-19/h1-6,15-16,25-26H,7-12H2/t15-,16+. The van der Waals surface area contributed by atoms with Gasteiger partial charge in [-0.1, -0.05) is 23.2 Å². The van der Waals surface area contributed by atoms with Gasteiger partial charge in [-0.3, -0.25) is 4.79 Å². The molecule has 162 valence electrons. The minimum atomic E-state index is -0.347. The molecule has 2 amide bonds. The molecule has 0 spiro atoms. The summed E-state index contributed by atoms with van der Waals surface area (Å²) in [6, 6.07) is 10.8. The number of benzene rings is 2. The van der Waals surface area contributed by atoms with Crippen molar-refractivity contribution in [2.24, 2.45) is 11.8 Å². The summed E-state index contributed by atoms with van der Waals surface area (Å²) in [6.45, 7) is 3.30. The number of amides is 2. The Bertz CT molecular complexity index is 1010. The second-order valence-electron chi connectivity index (χ2n) is 8.26. The van der Waals surface area contributed by atoms with Crippen molar-refractivity contribution < 1.29 is 14.3 Å². The van der Waals surface area contributed by atoms with E-state index in [-0.39, 0.29) is 30.4 Å². The maximum absolute atomic E-state index is 13.0. The van der Waals surface area contributed by atoms with E-state index in [1.54, 1.807) is 23.1 Å². The Labute approximate surface area is 190 Å². The summed E-state index contributed by atoms with van der Waals surface area (Å²) in [5, 5.41) is 7.45. The molecule has 9 heteroatoms. The second kappa shape index (κ2) is 8.13. The third-order valence-corrected chi connectivity index (χ3v) is 6.58. The zero-order valence-electron chi connectivity index (χ0n) is 16.7. The van der Waals surface area contributed by atoms with Crippen molar-refractivity contribution in [3.05, 3.63) is 57.6 Å². The molecule has 31 heavy (non-hydrogen) atoms. The van der Waals surface area contributed by atoms with Crippen LogP contribution in [0.2, 0.25) is 10.0 Å². The molecule has 0 unspecified atom stereocenters. The molecular formula is C22H22Cl2N4O3. The maximum Gasteiger partial charge on any atom is 0.410 e. The smallest absolute Gasteiger partial charge is 0.410 e. The van der Waals surface area contributed by atoms with Gasteiger partial charge in [-0.05, 0) is 42.0 Å². The summed E-state index contributed by atoms with van der Waals surface area (Å²) >= 11 is 12.0. The van der Waals surface area contributed by atoms with Gasteiger partial charge in [0.1, 0.15) is 6.61 Å². The Balaban J connectivity index is 1.15. The summed E-state index contributed by atoms with van der Waals surface area (Å²) in [4.78, 5) is 29.1. The number of nitrogens with zero attached hydrogens (tertiary/aromatic N) is 2. The van der Waals surface area contributed by atoms with Crippen LogP contribution < -0.4 is 10.6 Å². The van der Waals surface area contributed by atoms with Gasteiger partial charge in [0.15, 0.2) is 0 Å². The Hall–Kier alpha value is -2.64. The molecule has 0 aliphatic carbocycles. The van der Waals surface area contributed by atoms with E-state index >= 15 is 0 Å². The number of hydrogen-bond acceptors (Lipinski definition) is 5. The van der Waals surface area contributed by atoms with E-state index in [4.69, 9.17) is 27.9 Å². The summed E-state index contributed by atoms with van der Waals surface area (Å²) in [5.74, 6) is 0.579. The fraction of sp³-hybridized carbons (Fsp3) is 0.364. The van der Waals surface area contributed by atoms with Gasteiger partial charge in [-0.15, -0.1) is 0 Å². The number of nitrogens with one attached hydrogen (secondary N) is 2.